The monoisotopic (exact) mass is 203 g/mol. The molecule has 0 aromatic heterocycles. The summed E-state index contributed by atoms with van der Waals surface area (Å²) in [5.41, 5.74) is 4.32. The van der Waals surface area contributed by atoms with E-state index >= 15 is 0 Å². The van der Waals surface area contributed by atoms with Crippen molar-refractivity contribution in [2.24, 2.45) is 5.92 Å². The average molecular weight is 203 g/mol. The van der Waals surface area contributed by atoms with Crippen LogP contribution in [0.5, 0.6) is 0 Å². The van der Waals surface area contributed by atoms with Gasteiger partial charge in [-0.3, -0.25) is 0 Å². The molecular weight excluding hydrogens is 182 g/mol. The van der Waals surface area contributed by atoms with Gasteiger partial charge >= 0.3 is 0 Å². The maximum atomic E-state index is 3.33. The van der Waals surface area contributed by atoms with Gasteiger partial charge in [0, 0.05) is 6.54 Å². The zero-order valence-electron chi connectivity index (χ0n) is 10.0. The lowest BCUT2D eigenvalue weighted by molar-refractivity contribution is 0.566. The second kappa shape index (κ2) is 4.36. The molecule has 0 radical (unpaired) electrons. The number of hydrogen-bond acceptors (Lipinski definition) is 1. The van der Waals surface area contributed by atoms with Crippen LogP contribution in [0.1, 0.15) is 35.4 Å². The van der Waals surface area contributed by atoms with E-state index in [-0.39, 0.29) is 0 Å². The largest absolute Gasteiger partial charge is 0.319 e. The summed E-state index contributed by atoms with van der Waals surface area (Å²) in [5.74, 6) is 1.66. The molecule has 0 heterocycles. The normalized spacial score (nSPS) is 17.8. The van der Waals surface area contributed by atoms with E-state index in [0.717, 1.165) is 18.4 Å². The average Bonchev–Trinajstić information content (AvgIpc) is 2.95. The second-order valence-corrected chi connectivity index (χ2v) is 4.92. The summed E-state index contributed by atoms with van der Waals surface area (Å²) < 4.78 is 0. The molecule has 1 aromatic carbocycles. The quantitative estimate of drug-likeness (QED) is 0.793. The molecular formula is C14H21N. The molecule has 1 atom stereocenters. The number of hydrogen-bond donors (Lipinski definition) is 1. The SMILES string of the molecule is CNCC(c1cc(C)cc(C)c1)C1CC1. The number of aryl methyl sites for hydroxylation is 2. The van der Waals surface area contributed by atoms with Crippen molar-refractivity contribution in [1.29, 1.82) is 0 Å². The maximum Gasteiger partial charge on any atom is 0.00198 e. The lowest BCUT2D eigenvalue weighted by atomic mass is 9.91. The topological polar surface area (TPSA) is 12.0 Å². The van der Waals surface area contributed by atoms with E-state index in [9.17, 15) is 0 Å². The lowest BCUT2D eigenvalue weighted by Gasteiger charge is -2.17. The van der Waals surface area contributed by atoms with Crippen LogP contribution in [-0.4, -0.2) is 13.6 Å². The zero-order chi connectivity index (χ0) is 10.8. The van der Waals surface area contributed by atoms with E-state index in [1.807, 2.05) is 0 Å². The Kier molecular flexibility index (Phi) is 3.11. The van der Waals surface area contributed by atoms with Crippen molar-refractivity contribution >= 4 is 0 Å². The fourth-order valence-corrected chi connectivity index (χ4v) is 2.50. The number of likely N-dealkylation sites (N-methyl/N-ethyl adjacent to an activating group) is 1. The van der Waals surface area contributed by atoms with Gasteiger partial charge in [0.1, 0.15) is 0 Å². The van der Waals surface area contributed by atoms with Crippen LogP contribution >= 0.6 is 0 Å². The lowest BCUT2D eigenvalue weighted by Crippen LogP contribution is -2.19. The van der Waals surface area contributed by atoms with Gasteiger partial charge in [-0.2, -0.15) is 0 Å². The third-order valence-corrected chi connectivity index (χ3v) is 3.29. The van der Waals surface area contributed by atoms with Gasteiger partial charge in [0.15, 0.2) is 0 Å². The van der Waals surface area contributed by atoms with Crippen LogP contribution in [-0.2, 0) is 0 Å². The Morgan fingerprint density at radius 3 is 2.27 bits per heavy atom. The predicted molar refractivity (Wildman–Crippen MR) is 65.3 cm³/mol. The first-order valence-electron chi connectivity index (χ1n) is 5.93. The Morgan fingerprint density at radius 1 is 1.20 bits per heavy atom. The van der Waals surface area contributed by atoms with Crippen molar-refractivity contribution in [3.63, 3.8) is 0 Å². The molecule has 1 aliphatic rings. The van der Waals surface area contributed by atoms with E-state index < -0.39 is 0 Å². The minimum Gasteiger partial charge on any atom is -0.319 e. The molecule has 2 rings (SSSR count). The molecule has 0 spiro atoms. The first kappa shape index (κ1) is 10.7. The molecule has 1 aromatic rings. The summed E-state index contributed by atoms with van der Waals surface area (Å²) >= 11 is 0. The van der Waals surface area contributed by atoms with Crippen molar-refractivity contribution in [3.8, 4) is 0 Å². The standard InChI is InChI=1S/C14H21N/c1-10-6-11(2)8-13(7-10)14(9-15-3)12-4-5-12/h6-8,12,14-15H,4-5,9H2,1-3H3. The van der Waals surface area contributed by atoms with Crippen LogP contribution in [0.15, 0.2) is 18.2 Å². The third-order valence-electron chi connectivity index (χ3n) is 3.29. The molecule has 1 nitrogen and oxygen atoms in total. The van der Waals surface area contributed by atoms with Gasteiger partial charge in [0.25, 0.3) is 0 Å². The molecule has 0 bridgehead atoms. The van der Waals surface area contributed by atoms with Crippen LogP contribution in [0.2, 0.25) is 0 Å². The molecule has 15 heavy (non-hydrogen) atoms. The molecule has 1 saturated carbocycles. The molecule has 1 N–H and O–H groups in total. The predicted octanol–water partition coefficient (Wildman–Crippen LogP) is 3.02. The molecule has 82 valence electrons. The number of benzene rings is 1. The molecule has 1 aliphatic carbocycles. The minimum absolute atomic E-state index is 0.730. The number of nitrogens with one attached hydrogen (secondary N) is 1. The third kappa shape index (κ3) is 2.60. The highest BCUT2D eigenvalue weighted by Gasteiger charge is 2.31. The van der Waals surface area contributed by atoms with Crippen LogP contribution in [0.3, 0.4) is 0 Å². The fourth-order valence-electron chi connectivity index (χ4n) is 2.50. The van der Waals surface area contributed by atoms with E-state index in [0.29, 0.717) is 0 Å². The molecule has 0 amide bonds. The van der Waals surface area contributed by atoms with E-state index in [1.54, 1.807) is 0 Å². The Labute approximate surface area is 92.9 Å². The van der Waals surface area contributed by atoms with Gasteiger partial charge in [-0.25, -0.2) is 0 Å². The highest BCUT2D eigenvalue weighted by molar-refractivity contribution is 5.32. The Morgan fingerprint density at radius 2 is 1.80 bits per heavy atom. The van der Waals surface area contributed by atoms with Crippen molar-refractivity contribution < 1.29 is 0 Å². The summed E-state index contributed by atoms with van der Waals surface area (Å²) in [7, 11) is 2.05. The summed E-state index contributed by atoms with van der Waals surface area (Å²) in [5, 5.41) is 3.33. The Bertz CT molecular complexity index is 319. The van der Waals surface area contributed by atoms with Crippen LogP contribution in [0.25, 0.3) is 0 Å². The maximum absolute atomic E-state index is 3.33. The smallest absolute Gasteiger partial charge is 0.00198 e. The van der Waals surface area contributed by atoms with Crippen molar-refractivity contribution in [3.05, 3.63) is 34.9 Å². The summed E-state index contributed by atoms with van der Waals surface area (Å²) in [6.45, 7) is 5.51. The molecule has 0 saturated heterocycles. The van der Waals surface area contributed by atoms with Crippen molar-refractivity contribution in [2.75, 3.05) is 13.6 Å². The first-order valence-corrected chi connectivity index (χ1v) is 5.93. The highest BCUT2D eigenvalue weighted by Crippen LogP contribution is 2.42. The van der Waals surface area contributed by atoms with Crippen LogP contribution in [0.4, 0.5) is 0 Å². The van der Waals surface area contributed by atoms with E-state index in [1.165, 1.54) is 29.5 Å². The summed E-state index contributed by atoms with van der Waals surface area (Å²) in [6.07, 6.45) is 2.83. The number of rotatable bonds is 4. The molecule has 1 unspecified atom stereocenters. The highest BCUT2D eigenvalue weighted by atomic mass is 14.8. The van der Waals surface area contributed by atoms with Gasteiger partial charge in [-0.1, -0.05) is 29.3 Å². The fraction of sp³-hybridized carbons (Fsp3) is 0.571. The Balaban J connectivity index is 2.24. The summed E-state index contributed by atoms with van der Waals surface area (Å²) in [6, 6.07) is 6.97. The van der Waals surface area contributed by atoms with Gasteiger partial charge in [0.05, 0.1) is 0 Å². The van der Waals surface area contributed by atoms with Gasteiger partial charge in [-0.05, 0) is 51.1 Å². The molecule has 1 fully saturated rings. The second-order valence-electron chi connectivity index (χ2n) is 4.92. The minimum atomic E-state index is 0.730. The van der Waals surface area contributed by atoms with Crippen molar-refractivity contribution in [2.45, 2.75) is 32.6 Å². The van der Waals surface area contributed by atoms with E-state index in [4.69, 9.17) is 0 Å². The zero-order valence-corrected chi connectivity index (χ0v) is 10.0. The molecule has 0 aliphatic heterocycles. The van der Waals surface area contributed by atoms with Gasteiger partial charge < -0.3 is 5.32 Å². The Hall–Kier alpha value is -0.820. The summed E-state index contributed by atoms with van der Waals surface area (Å²) in [4.78, 5) is 0. The van der Waals surface area contributed by atoms with E-state index in [2.05, 4.69) is 44.4 Å². The van der Waals surface area contributed by atoms with Crippen LogP contribution < -0.4 is 5.32 Å². The van der Waals surface area contributed by atoms with Crippen LogP contribution in [0, 0.1) is 19.8 Å². The molecule has 1 heteroatoms. The first-order chi connectivity index (χ1) is 7.20. The van der Waals surface area contributed by atoms with Gasteiger partial charge in [0.2, 0.25) is 0 Å². The van der Waals surface area contributed by atoms with Crippen molar-refractivity contribution in [1.82, 2.24) is 5.32 Å². The van der Waals surface area contributed by atoms with Gasteiger partial charge in [-0.15, -0.1) is 0 Å².